The highest BCUT2D eigenvalue weighted by molar-refractivity contribution is 5.95. The predicted octanol–water partition coefficient (Wildman–Crippen LogP) is 9.26. The number of nitro groups is 1. The molecule has 5 rings (SSSR count). The molecule has 0 aliphatic heterocycles. The molecule has 0 radical (unpaired) electrons. The van der Waals surface area contributed by atoms with Crippen LogP contribution >= 0.6 is 0 Å². The number of benzene rings is 4. The van der Waals surface area contributed by atoms with Crippen LogP contribution in [0.4, 0.5) is 11.4 Å². The number of anilines is 1. The van der Waals surface area contributed by atoms with E-state index in [9.17, 15) is 10.1 Å². The Balaban J connectivity index is 1.67. The number of non-ortho nitro benzene ring substituents is 1. The van der Waals surface area contributed by atoms with Crippen molar-refractivity contribution in [1.29, 1.82) is 0 Å². The molecular weight excluding hydrogens is 482 g/mol. The maximum absolute atomic E-state index is 11.8. The molecule has 1 N–H and O–H groups in total. The first kappa shape index (κ1) is 26.1. The van der Waals surface area contributed by atoms with Crippen molar-refractivity contribution in [1.82, 2.24) is 4.98 Å². The average molecular weight is 516 g/mol. The Kier molecular flexibility index (Phi) is 7.42. The first-order valence-electron chi connectivity index (χ1n) is 13.4. The highest BCUT2D eigenvalue weighted by Crippen LogP contribution is 2.39. The van der Waals surface area contributed by atoms with Crippen LogP contribution in [0.3, 0.4) is 0 Å². The van der Waals surface area contributed by atoms with Gasteiger partial charge in [0.15, 0.2) is 0 Å². The SMILES string of the molecule is CC(C)c1cc([N+](=O)[O-])cc(C(C)C)c1NC(c1ccccc1)c1cccc(-c2cccc3ccccc23)n1. The van der Waals surface area contributed by atoms with Gasteiger partial charge in [-0.1, -0.05) is 107 Å². The number of aromatic nitrogens is 1. The predicted molar refractivity (Wildman–Crippen MR) is 160 cm³/mol. The van der Waals surface area contributed by atoms with Crippen LogP contribution < -0.4 is 5.32 Å². The van der Waals surface area contributed by atoms with Crippen molar-refractivity contribution in [2.24, 2.45) is 0 Å². The van der Waals surface area contributed by atoms with Crippen molar-refractivity contribution < 1.29 is 4.92 Å². The molecule has 0 spiro atoms. The molecule has 0 aliphatic carbocycles. The smallest absolute Gasteiger partial charge is 0.270 e. The number of hydrogen-bond donors (Lipinski definition) is 1. The summed E-state index contributed by atoms with van der Waals surface area (Å²) in [6.07, 6.45) is 0. The molecule has 1 heterocycles. The van der Waals surface area contributed by atoms with Crippen molar-refractivity contribution >= 4 is 22.1 Å². The molecule has 0 amide bonds. The molecule has 0 bridgehead atoms. The monoisotopic (exact) mass is 515 g/mol. The van der Waals surface area contributed by atoms with Gasteiger partial charge in [0, 0.05) is 23.4 Å². The van der Waals surface area contributed by atoms with Gasteiger partial charge in [-0.15, -0.1) is 0 Å². The number of fused-ring (bicyclic) bond motifs is 1. The van der Waals surface area contributed by atoms with Gasteiger partial charge in [-0.2, -0.15) is 0 Å². The summed E-state index contributed by atoms with van der Waals surface area (Å²) >= 11 is 0. The van der Waals surface area contributed by atoms with Gasteiger partial charge in [-0.05, 0) is 51.4 Å². The zero-order chi connectivity index (χ0) is 27.5. The molecule has 5 aromatic rings. The molecule has 0 saturated heterocycles. The minimum Gasteiger partial charge on any atom is -0.372 e. The zero-order valence-electron chi connectivity index (χ0n) is 22.8. The Morgan fingerprint density at radius 2 is 1.36 bits per heavy atom. The zero-order valence-corrected chi connectivity index (χ0v) is 22.8. The van der Waals surface area contributed by atoms with E-state index >= 15 is 0 Å². The molecule has 4 aromatic carbocycles. The van der Waals surface area contributed by atoms with E-state index in [-0.39, 0.29) is 28.5 Å². The second kappa shape index (κ2) is 11.1. The van der Waals surface area contributed by atoms with Gasteiger partial charge in [-0.3, -0.25) is 15.1 Å². The van der Waals surface area contributed by atoms with Crippen LogP contribution in [-0.4, -0.2) is 9.91 Å². The molecule has 0 aliphatic rings. The lowest BCUT2D eigenvalue weighted by atomic mass is 9.90. The summed E-state index contributed by atoms with van der Waals surface area (Å²) in [5.41, 5.74) is 6.87. The molecular formula is C34H33N3O2. The van der Waals surface area contributed by atoms with Crippen LogP contribution in [0.15, 0.2) is 103 Å². The summed E-state index contributed by atoms with van der Waals surface area (Å²) in [4.78, 5) is 16.7. The van der Waals surface area contributed by atoms with Crippen molar-refractivity contribution in [2.45, 2.75) is 45.6 Å². The van der Waals surface area contributed by atoms with Crippen molar-refractivity contribution in [2.75, 3.05) is 5.32 Å². The Morgan fingerprint density at radius 3 is 2.03 bits per heavy atom. The molecule has 39 heavy (non-hydrogen) atoms. The Morgan fingerprint density at radius 1 is 0.744 bits per heavy atom. The lowest BCUT2D eigenvalue weighted by Gasteiger charge is -2.27. The summed E-state index contributed by atoms with van der Waals surface area (Å²) in [5.74, 6) is 0.188. The lowest BCUT2D eigenvalue weighted by molar-refractivity contribution is -0.385. The Hall–Kier alpha value is -4.51. The van der Waals surface area contributed by atoms with Crippen molar-refractivity contribution in [3.05, 3.63) is 136 Å². The minimum absolute atomic E-state index is 0.0938. The van der Waals surface area contributed by atoms with Gasteiger partial charge >= 0.3 is 0 Å². The molecule has 0 saturated carbocycles. The minimum atomic E-state index is -0.300. The fraction of sp³-hybridized carbons (Fsp3) is 0.206. The fourth-order valence-corrected chi connectivity index (χ4v) is 5.18. The van der Waals surface area contributed by atoms with Crippen LogP contribution in [0.25, 0.3) is 22.0 Å². The number of nitrogens with zero attached hydrogens (tertiary/aromatic N) is 2. The van der Waals surface area contributed by atoms with E-state index in [1.807, 2.05) is 24.3 Å². The van der Waals surface area contributed by atoms with Gasteiger partial charge in [0.25, 0.3) is 5.69 Å². The first-order valence-corrected chi connectivity index (χ1v) is 13.4. The summed E-state index contributed by atoms with van der Waals surface area (Å²) in [6.45, 7) is 8.30. The Labute approximate surface area is 229 Å². The summed E-state index contributed by atoms with van der Waals surface area (Å²) in [7, 11) is 0. The van der Waals surface area contributed by atoms with Crippen molar-refractivity contribution in [3.63, 3.8) is 0 Å². The molecule has 5 heteroatoms. The quantitative estimate of drug-likeness (QED) is 0.165. The third kappa shape index (κ3) is 5.39. The molecule has 1 aromatic heterocycles. The number of nitrogens with one attached hydrogen (secondary N) is 1. The maximum Gasteiger partial charge on any atom is 0.270 e. The largest absolute Gasteiger partial charge is 0.372 e. The van der Waals surface area contributed by atoms with E-state index in [0.29, 0.717) is 0 Å². The number of rotatable bonds is 8. The second-order valence-corrected chi connectivity index (χ2v) is 10.5. The van der Waals surface area contributed by atoms with Crippen LogP contribution in [0.5, 0.6) is 0 Å². The van der Waals surface area contributed by atoms with Crippen LogP contribution in [0.1, 0.15) is 68.0 Å². The van der Waals surface area contributed by atoms with Gasteiger partial charge in [0.05, 0.1) is 22.4 Å². The number of hydrogen-bond acceptors (Lipinski definition) is 4. The van der Waals surface area contributed by atoms with Gasteiger partial charge in [0.1, 0.15) is 0 Å². The number of nitro benzene ring substituents is 1. The molecule has 5 nitrogen and oxygen atoms in total. The topological polar surface area (TPSA) is 68.1 Å². The fourth-order valence-electron chi connectivity index (χ4n) is 5.18. The van der Waals surface area contributed by atoms with Gasteiger partial charge in [-0.25, -0.2) is 0 Å². The van der Waals surface area contributed by atoms with Crippen LogP contribution in [0, 0.1) is 10.1 Å². The van der Waals surface area contributed by atoms with E-state index in [2.05, 4.69) is 99.7 Å². The van der Waals surface area contributed by atoms with Crippen LogP contribution in [-0.2, 0) is 0 Å². The van der Waals surface area contributed by atoms with E-state index < -0.39 is 0 Å². The third-order valence-corrected chi connectivity index (χ3v) is 7.19. The number of pyridine rings is 1. The van der Waals surface area contributed by atoms with E-state index in [1.165, 1.54) is 5.39 Å². The van der Waals surface area contributed by atoms with E-state index in [0.717, 1.165) is 44.7 Å². The van der Waals surface area contributed by atoms with E-state index in [1.54, 1.807) is 12.1 Å². The average Bonchev–Trinajstić information content (AvgIpc) is 2.95. The summed E-state index contributed by atoms with van der Waals surface area (Å²) in [6, 6.07) is 34.2. The normalized spacial score (nSPS) is 12.2. The summed E-state index contributed by atoms with van der Waals surface area (Å²) < 4.78 is 0. The van der Waals surface area contributed by atoms with Crippen molar-refractivity contribution in [3.8, 4) is 11.3 Å². The van der Waals surface area contributed by atoms with Gasteiger partial charge in [0.2, 0.25) is 0 Å². The molecule has 1 atom stereocenters. The molecule has 0 fully saturated rings. The van der Waals surface area contributed by atoms with Gasteiger partial charge < -0.3 is 5.32 Å². The first-order chi connectivity index (χ1) is 18.8. The highest BCUT2D eigenvalue weighted by atomic mass is 16.6. The molecule has 196 valence electrons. The van der Waals surface area contributed by atoms with Crippen LogP contribution in [0.2, 0.25) is 0 Å². The van der Waals surface area contributed by atoms with E-state index in [4.69, 9.17) is 4.98 Å². The Bertz CT molecular complexity index is 1590. The second-order valence-electron chi connectivity index (χ2n) is 10.5. The lowest BCUT2D eigenvalue weighted by Crippen LogP contribution is -2.17. The summed E-state index contributed by atoms with van der Waals surface area (Å²) in [5, 5.41) is 17.9. The maximum atomic E-state index is 11.8. The standard InChI is InChI=1S/C34H33N3O2/c1-22(2)29-20-26(37(38)39)21-30(23(3)4)34(29)36-33(25-13-6-5-7-14-25)32-19-11-18-31(35-32)28-17-10-15-24-12-8-9-16-27(24)28/h5-23,33,36H,1-4H3. The third-order valence-electron chi connectivity index (χ3n) is 7.19. The highest BCUT2D eigenvalue weighted by Gasteiger charge is 2.24. The molecule has 1 unspecified atom stereocenters.